The van der Waals surface area contributed by atoms with Gasteiger partial charge in [-0.15, -0.1) is 0 Å². The van der Waals surface area contributed by atoms with Gasteiger partial charge in [0, 0.05) is 47.8 Å². The minimum absolute atomic E-state index is 0.00485. The number of carbonyl (C=O) groups is 2. The van der Waals surface area contributed by atoms with Gasteiger partial charge in [0.1, 0.15) is 23.3 Å². The zero-order valence-electron chi connectivity index (χ0n) is 20.2. The molecule has 1 saturated heterocycles. The number of piperidine rings is 1. The van der Waals surface area contributed by atoms with Crippen LogP contribution in [0.4, 0.5) is 5.82 Å². The summed E-state index contributed by atoms with van der Waals surface area (Å²) >= 11 is 0. The Morgan fingerprint density at radius 2 is 2.03 bits per heavy atom. The number of anilines is 1. The van der Waals surface area contributed by atoms with Crippen LogP contribution in [0.2, 0.25) is 0 Å². The van der Waals surface area contributed by atoms with Crippen LogP contribution >= 0.6 is 0 Å². The van der Waals surface area contributed by atoms with Crippen LogP contribution in [0.3, 0.4) is 0 Å². The smallest absolute Gasteiger partial charge is 0.244 e. The summed E-state index contributed by atoms with van der Waals surface area (Å²) in [6, 6.07) is 7.45. The molecule has 2 N–H and O–H groups in total. The van der Waals surface area contributed by atoms with Crippen LogP contribution < -0.4 is 15.4 Å². The van der Waals surface area contributed by atoms with Gasteiger partial charge < -0.3 is 15.4 Å². The van der Waals surface area contributed by atoms with E-state index in [0.29, 0.717) is 18.1 Å². The number of hydrogen-bond acceptors (Lipinski definition) is 6. The lowest BCUT2D eigenvalue weighted by atomic mass is 10.0. The Labute approximate surface area is 207 Å². The fraction of sp³-hybridized carbons (Fsp3) is 0.346. The highest BCUT2D eigenvalue weighted by Crippen LogP contribution is 2.41. The highest BCUT2D eigenvalue weighted by Gasteiger charge is 2.30. The number of aromatic nitrogens is 5. The van der Waals surface area contributed by atoms with Crippen molar-refractivity contribution < 1.29 is 14.3 Å². The Hall–Kier alpha value is -4.21. The number of carbonyl (C=O) groups excluding carboxylic acids is 2. The van der Waals surface area contributed by atoms with Crippen LogP contribution in [0.5, 0.6) is 5.75 Å². The second kappa shape index (κ2) is 8.78. The van der Waals surface area contributed by atoms with Crippen molar-refractivity contribution in [2.24, 2.45) is 13.0 Å². The predicted molar refractivity (Wildman–Crippen MR) is 134 cm³/mol. The van der Waals surface area contributed by atoms with Gasteiger partial charge in [-0.25, -0.2) is 4.98 Å². The molecule has 6 rings (SSSR count). The fourth-order valence-corrected chi connectivity index (χ4v) is 4.82. The second-order valence-corrected chi connectivity index (χ2v) is 9.37. The Kier molecular flexibility index (Phi) is 5.43. The van der Waals surface area contributed by atoms with Crippen LogP contribution in [0, 0.1) is 5.92 Å². The zero-order chi connectivity index (χ0) is 24.8. The van der Waals surface area contributed by atoms with Crippen LogP contribution in [0.1, 0.15) is 31.7 Å². The maximum atomic E-state index is 12.3. The van der Waals surface area contributed by atoms with Crippen LogP contribution in [-0.4, -0.2) is 50.0 Å². The number of methoxy groups -OCH3 is 1. The Morgan fingerprint density at radius 1 is 1.19 bits per heavy atom. The van der Waals surface area contributed by atoms with Crippen molar-refractivity contribution in [3.05, 3.63) is 42.9 Å². The van der Waals surface area contributed by atoms with Crippen molar-refractivity contribution in [2.75, 3.05) is 19.0 Å². The fourth-order valence-electron chi connectivity index (χ4n) is 4.82. The van der Waals surface area contributed by atoms with Crippen LogP contribution in [0.25, 0.3) is 33.3 Å². The Bertz CT molecular complexity index is 1480. The summed E-state index contributed by atoms with van der Waals surface area (Å²) in [6.07, 6.45) is 8.92. The van der Waals surface area contributed by atoms with E-state index in [1.807, 2.05) is 37.5 Å². The monoisotopic (exact) mass is 485 g/mol. The number of aryl methyl sites for hydroxylation is 1. The van der Waals surface area contributed by atoms with E-state index in [0.717, 1.165) is 59.0 Å². The number of para-hydroxylation sites is 1. The molecule has 1 aliphatic carbocycles. The molecule has 10 nitrogen and oxygen atoms in total. The van der Waals surface area contributed by atoms with E-state index in [2.05, 4.69) is 20.7 Å². The molecule has 0 unspecified atom stereocenters. The van der Waals surface area contributed by atoms with Crippen molar-refractivity contribution in [1.82, 2.24) is 29.9 Å². The van der Waals surface area contributed by atoms with E-state index in [-0.39, 0.29) is 23.8 Å². The molecular formula is C26H27N7O3. The molecule has 2 aliphatic rings. The van der Waals surface area contributed by atoms with Gasteiger partial charge in [0.2, 0.25) is 11.8 Å². The van der Waals surface area contributed by atoms with Gasteiger partial charge in [-0.3, -0.25) is 19.0 Å². The van der Waals surface area contributed by atoms with Gasteiger partial charge >= 0.3 is 0 Å². The van der Waals surface area contributed by atoms with E-state index in [9.17, 15) is 9.59 Å². The first-order chi connectivity index (χ1) is 17.5. The largest absolute Gasteiger partial charge is 0.495 e. The number of nitrogens with one attached hydrogen (secondary N) is 2. The molecule has 0 bridgehead atoms. The lowest BCUT2D eigenvalue weighted by molar-refractivity contribution is -0.126. The first-order valence-corrected chi connectivity index (χ1v) is 12.2. The summed E-state index contributed by atoms with van der Waals surface area (Å²) in [7, 11) is 3.50. The van der Waals surface area contributed by atoms with Crippen molar-refractivity contribution >= 4 is 28.5 Å². The third-order valence-corrected chi connectivity index (χ3v) is 6.90. The molecule has 0 spiro atoms. The average molecular weight is 486 g/mol. The number of amides is 2. The summed E-state index contributed by atoms with van der Waals surface area (Å²) < 4.78 is 9.41. The molecule has 184 valence electrons. The van der Waals surface area contributed by atoms with Crippen LogP contribution in [-0.2, 0) is 16.6 Å². The molecule has 36 heavy (non-hydrogen) atoms. The van der Waals surface area contributed by atoms with Crippen molar-refractivity contribution in [1.29, 1.82) is 0 Å². The quantitative estimate of drug-likeness (QED) is 0.433. The molecule has 1 saturated carbocycles. The topological polar surface area (TPSA) is 116 Å². The molecule has 1 aliphatic heterocycles. The van der Waals surface area contributed by atoms with Gasteiger partial charge in [0.15, 0.2) is 0 Å². The molecule has 10 heteroatoms. The molecule has 1 atom stereocenters. The summed E-state index contributed by atoms with van der Waals surface area (Å²) in [6.45, 7) is 0.707. The third kappa shape index (κ3) is 3.88. The Morgan fingerprint density at radius 3 is 2.81 bits per heavy atom. The van der Waals surface area contributed by atoms with Gasteiger partial charge in [-0.05, 0) is 37.8 Å². The SMILES string of the molecule is COc1c(-c2cnn([C@H]3CCCNC3=O)c2)cccc1-c1nn(C)c2cnc(NC(=O)C3CC3)cc12. The molecule has 4 aromatic rings. The minimum Gasteiger partial charge on any atom is -0.495 e. The van der Waals surface area contributed by atoms with Crippen molar-refractivity contribution in [3.63, 3.8) is 0 Å². The molecule has 2 fully saturated rings. The van der Waals surface area contributed by atoms with E-state index in [1.165, 1.54) is 0 Å². The van der Waals surface area contributed by atoms with Gasteiger partial charge in [0.05, 0.1) is 25.0 Å². The summed E-state index contributed by atoms with van der Waals surface area (Å²) in [5.41, 5.74) is 4.10. The number of nitrogens with zero attached hydrogens (tertiary/aromatic N) is 5. The minimum atomic E-state index is -0.307. The normalized spacial score (nSPS) is 17.7. The van der Waals surface area contributed by atoms with Gasteiger partial charge in [0.25, 0.3) is 0 Å². The van der Waals surface area contributed by atoms with Crippen LogP contribution in [0.15, 0.2) is 42.9 Å². The molecule has 4 heterocycles. The van der Waals surface area contributed by atoms with E-state index >= 15 is 0 Å². The zero-order valence-corrected chi connectivity index (χ0v) is 20.2. The number of pyridine rings is 1. The molecule has 1 aromatic carbocycles. The first kappa shape index (κ1) is 22.3. The maximum absolute atomic E-state index is 12.3. The standard InChI is InChI=1S/C26H27N7O3/c1-32-21-13-28-22(30-25(34)15-8-9-15)11-19(21)23(31-32)18-6-3-5-17(24(18)36-2)16-12-29-33(14-16)20-7-4-10-27-26(20)35/h3,5-6,11-15,20H,4,7-10H2,1-2H3,(H,27,35)(H,28,30,34)/t20-/m0/s1. The predicted octanol–water partition coefficient (Wildman–Crippen LogP) is 3.31. The van der Waals surface area contributed by atoms with Gasteiger partial charge in [-0.1, -0.05) is 12.1 Å². The third-order valence-electron chi connectivity index (χ3n) is 6.90. The molecule has 2 amide bonds. The highest BCUT2D eigenvalue weighted by atomic mass is 16.5. The van der Waals surface area contributed by atoms with Crippen molar-refractivity contribution in [3.8, 4) is 28.1 Å². The maximum Gasteiger partial charge on any atom is 0.244 e. The average Bonchev–Trinajstić information content (AvgIpc) is 3.55. The summed E-state index contributed by atoms with van der Waals surface area (Å²) in [5.74, 6) is 1.26. The molecular weight excluding hydrogens is 458 g/mol. The second-order valence-electron chi connectivity index (χ2n) is 9.37. The number of benzene rings is 1. The van der Waals surface area contributed by atoms with E-state index in [4.69, 9.17) is 9.84 Å². The number of fused-ring (bicyclic) bond motifs is 1. The molecule has 3 aromatic heterocycles. The lowest BCUT2D eigenvalue weighted by Crippen LogP contribution is -2.38. The highest BCUT2D eigenvalue weighted by molar-refractivity contribution is 6.00. The number of hydrogen-bond donors (Lipinski definition) is 2. The summed E-state index contributed by atoms with van der Waals surface area (Å²) in [5, 5.41) is 16.0. The van der Waals surface area contributed by atoms with Gasteiger partial charge in [-0.2, -0.15) is 10.2 Å². The molecule has 0 radical (unpaired) electrons. The Balaban J connectivity index is 1.40. The lowest BCUT2D eigenvalue weighted by Gasteiger charge is -2.21. The number of ether oxygens (including phenoxy) is 1. The van der Waals surface area contributed by atoms with E-state index in [1.54, 1.807) is 28.9 Å². The summed E-state index contributed by atoms with van der Waals surface area (Å²) in [4.78, 5) is 29.0. The number of rotatable bonds is 6. The first-order valence-electron chi connectivity index (χ1n) is 12.2. The van der Waals surface area contributed by atoms with E-state index < -0.39 is 0 Å². The van der Waals surface area contributed by atoms with Crippen molar-refractivity contribution in [2.45, 2.75) is 31.7 Å².